The molecule has 2 aromatic carbocycles. The Balaban J connectivity index is 1.58. The molecule has 0 saturated heterocycles. The van der Waals surface area contributed by atoms with Gasteiger partial charge in [-0.25, -0.2) is 9.37 Å². The summed E-state index contributed by atoms with van der Waals surface area (Å²) in [7, 11) is 0. The van der Waals surface area contributed by atoms with Crippen LogP contribution in [0.15, 0.2) is 54.6 Å². The van der Waals surface area contributed by atoms with Crippen molar-refractivity contribution in [3.05, 3.63) is 77.1 Å². The Kier molecular flexibility index (Phi) is 5.75. The molecule has 2 heterocycles. The highest BCUT2D eigenvalue weighted by Crippen LogP contribution is 2.35. The zero-order valence-corrected chi connectivity index (χ0v) is 17.2. The van der Waals surface area contributed by atoms with Crippen LogP contribution in [0, 0.1) is 5.82 Å². The third-order valence-electron chi connectivity index (χ3n) is 4.96. The highest BCUT2D eigenvalue weighted by atomic mass is 19.4. The molecule has 6 nitrogen and oxygen atoms in total. The molecular formula is C23H17F4N3O3. The van der Waals surface area contributed by atoms with E-state index in [2.05, 4.69) is 10.3 Å². The molecule has 0 atom stereocenters. The second-order valence-electron chi connectivity index (χ2n) is 7.33. The molecule has 0 bridgehead atoms. The predicted octanol–water partition coefficient (Wildman–Crippen LogP) is 5.19. The highest BCUT2D eigenvalue weighted by Gasteiger charge is 2.34. The highest BCUT2D eigenvalue weighted by molar-refractivity contribution is 6.08. The summed E-state index contributed by atoms with van der Waals surface area (Å²) >= 11 is 0. The van der Waals surface area contributed by atoms with Gasteiger partial charge in [0, 0.05) is 25.1 Å². The van der Waals surface area contributed by atoms with E-state index < -0.39 is 17.6 Å². The van der Waals surface area contributed by atoms with E-state index in [1.165, 1.54) is 17.9 Å². The lowest BCUT2D eigenvalue weighted by Crippen LogP contribution is -2.38. The van der Waals surface area contributed by atoms with Crippen LogP contribution in [0.2, 0.25) is 0 Å². The monoisotopic (exact) mass is 459 g/mol. The molecule has 2 amide bonds. The van der Waals surface area contributed by atoms with Gasteiger partial charge in [0.15, 0.2) is 0 Å². The second-order valence-corrected chi connectivity index (χ2v) is 7.33. The summed E-state index contributed by atoms with van der Waals surface area (Å²) in [5.74, 6) is -1.41. The molecule has 0 spiro atoms. The van der Waals surface area contributed by atoms with Gasteiger partial charge in [-0.2, -0.15) is 13.2 Å². The Morgan fingerprint density at radius 1 is 1.09 bits per heavy atom. The van der Waals surface area contributed by atoms with E-state index in [4.69, 9.17) is 4.74 Å². The van der Waals surface area contributed by atoms with Crippen LogP contribution in [0.5, 0.6) is 11.5 Å². The maximum Gasteiger partial charge on any atom is 0.419 e. The number of carbonyl (C=O) groups is 2. The fourth-order valence-corrected chi connectivity index (χ4v) is 3.48. The molecule has 0 unspecified atom stereocenters. The third-order valence-corrected chi connectivity index (χ3v) is 4.96. The van der Waals surface area contributed by atoms with Crippen LogP contribution in [0.4, 0.5) is 29.2 Å². The van der Waals surface area contributed by atoms with Crippen molar-refractivity contribution < 1.29 is 31.9 Å². The molecular weight excluding hydrogens is 442 g/mol. The number of hydrogen-bond acceptors (Lipinski definition) is 4. The quantitative estimate of drug-likeness (QED) is 0.545. The van der Waals surface area contributed by atoms with Gasteiger partial charge in [0.25, 0.3) is 5.91 Å². The summed E-state index contributed by atoms with van der Waals surface area (Å²) in [6.45, 7) is 1.72. The molecule has 0 saturated carbocycles. The number of benzene rings is 2. The smallest absolute Gasteiger partial charge is 0.419 e. The number of amides is 2. The standard InChI is InChI=1S/C23H17F4N3O3/c1-13(31)28-20-3-2-4-21(29-20)30-10-9-14-5-6-15(11-17(14)22(30)32)33-16-7-8-18(19(24)12-16)23(25,26)27/h2-8,11-12H,9-10H2,1H3,(H,28,29,31). The Labute approximate surface area is 185 Å². The minimum atomic E-state index is -4.81. The van der Waals surface area contributed by atoms with Gasteiger partial charge in [-0.3, -0.25) is 14.5 Å². The molecule has 1 N–H and O–H groups in total. The van der Waals surface area contributed by atoms with Gasteiger partial charge >= 0.3 is 6.18 Å². The van der Waals surface area contributed by atoms with E-state index in [1.54, 1.807) is 30.3 Å². The molecule has 0 radical (unpaired) electrons. The Morgan fingerprint density at radius 2 is 1.82 bits per heavy atom. The molecule has 10 heteroatoms. The number of nitrogens with one attached hydrogen (secondary N) is 1. The first kappa shape index (κ1) is 22.3. The molecule has 3 aromatic rings. The van der Waals surface area contributed by atoms with Crippen LogP contribution in [-0.2, 0) is 17.4 Å². The minimum Gasteiger partial charge on any atom is -0.457 e. The number of rotatable bonds is 4. The van der Waals surface area contributed by atoms with Crippen LogP contribution >= 0.6 is 0 Å². The molecule has 4 rings (SSSR count). The number of carbonyl (C=O) groups excluding carboxylic acids is 2. The second kappa shape index (κ2) is 8.53. The van der Waals surface area contributed by atoms with Crippen molar-refractivity contribution in [2.75, 3.05) is 16.8 Å². The zero-order valence-electron chi connectivity index (χ0n) is 17.2. The van der Waals surface area contributed by atoms with Crippen LogP contribution in [0.1, 0.15) is 28.4 Å². The number of alkyl halides is 3. The number of aromatic nitrogens is 1. The first-order valence-electron chi connectivity index (χ1n) is 9.86. The largest absolute Gasteiger partial charge is 0.457 e. The molecule has 170 valence electrons. The normalized spacial score (nSPS) is 13.5. The third kappa shape index (κ3) is 4.79. The minimum absolute atomic E-state index is 0.134. The number of nitrogens with zero attached hydrogens (tertiary/aromatic N) is 2. The van der Waals surface area contributed by atoms with E-state index in [1.807, 2.05) is 0 Å². The van der Waals surface area contributed by atoms with E-state index in [-0.39, 0.29) is 23.3 Å². The average Bonchev–Trinajstić information content (AvgIpc) is 2.73. The van der Waals surface area contributed by atoms with Crippen molar-refractivity contribution in [3.8, 4) is 11.5 Å². The van der Waals surface area contributed by atoms with Crippen molar-refractivity contribution >= 4 is 23.5 Å². The Hall–Kier alpha value is -3.95. The first-order chi connectivity index (χ1) is 15.6. The maximum absolute atomic E-state index is 13.8. The molecule has 0 aliphatic carbocycles. The Bertz CT molecular complexity index is 1240. The summed E-state index contributed by atoms with van der Waals surface area (Å²) in [5, 5.41) is 2.56. The SMILES string of the molecule is CC(=O)Nc1cccc(N2CCc3ccc(Oc4ccc(C(F)(F)F)c(F)c4)cc3C2=O)n1. The van der Waals surface area contributed by atoms with E-state index in [0.29, 0.717) is 42.3 Å². The van der Waals surface area contributed by atoms with Crippen LogP contribution < -0.4 is 15.0 Å². The lowest BCUT2D eigenvalue weighted by molar-refractivity contribution is -0.140. The van der Waals surface area contributed by atoms with Gasteiger partial charge in [0.2, 0.25) is 5.91 Å². The number of ether oxygens (including phenoxy) is 1. The molecule has 1 aliphatic rings. The van der Waals surface area contributed by atoms with E-state index >= 15 is 0 Å². The van der Waals surface area contributed by atoms with Crippen LogP contribution in [0.25, 0.3) is 0 Å². The lowest BCUT2D eigenvalue weighted by Gasteiger charge is -2.28. The summed E-state index contributed by atoms with van der Waals surface area (Å²) in [4.78, 5) is 30.2. The van der Waals surface area contributed by atoms with Crippen LogP contribution in [-0.4, -0.2) is 23.3 Å². The van der Waals surface area contributed by atoms with Gasteiger partial charge in [0.1, 0.15) is 29.0 Å². The number of anilines is 2. The summed E-state index contributed by atoms with van der Waals surface area (Å²) in [6, 6.07) is 11.9. The van der Waals surface area contributed by atoms with Crippen LogP contribution in [0.3, 0.4) is 0 Å². The first-order valence-corrected chi connectivity index (χ1v) is 9.86. The molecule has 0 fully saturated rings. The fraction of sp³-hybridized carbons (Fsp3) is 0.174. The maximum atomic E-state index is 13.8. The number of fused-ring (bicyclic) bond motifs is 1. The van der Waals surface area contributed by atoms with Gasteiger partial charge in [-0.1, -0.05) is 12.1 Å². The topological polar surface area (TPSA) is 71.5 Å². The van der Waals surface area contributed by atoms with Crippen molar-refractivity contribution in [1.82, 2.24) is 4.98 Å². The van der Waals surface area contributed by atoms with Gasteiger partial charge in [-0.15, -0.1) is 0 Å². The van der Waals surface area contributed by atoms with Gasteiger partial charge < -0.3 is 10.1 Å². The number of pyridine rings is 1. The summed E-state index contributed by atoms with van der Waals surface area (Å²) in [5.41, 5.74) is -0.293. The molecule has 1 aliphatic heterocycles. The average molecular weight is 459 g/mol. The summed E-state index contributed by atoms with van der Waals surface area (Å²) < 4.78 is 57.6. The molecule has 1 aromatic heterocycles. The molecule has 33 heavy (non-hydrogen) atoms. The number of hydrogen-bond donors (Lipinski definition) is 1. The van der Waals surface area contributed by atoms with Crippen molar-refractivity contribution in [2.45, 2.75) is 19.5 Å². The fourth-order valence-electron chi connectivity index (χ4n) is 3.48. The van der Waals surface area contributed by atoms with E-state index in [9.17, 15) is 27.2 Å². The Morgan fingerprint density at radius 3 is 2.52 bits per heavy atom. The van der Waals surface area contributed by atoms with E-state index in [0.717, 1.165) is 11.6 Å². The lowest BCUT2D eigenvalue weighted by atomic mass is 9.98. The van der Waals surface area contributed by atoms with Crippen molar-refractivity contribution in [1.29, 1.82) is 0 Å². The van der Waals surface area contributed by atoms with Crippen molar-refractivity contribution in [2.24, 2.45) is 0 Å². The zero-order chi connectivity index (χ0) is 23.8. The van der Waals surface area contributed by atoms with Gasteiger partial charge in [-0.05, 0) is 48.4 Å². The summed E-state index contributed by atoms with van der Waals surface area (Å²) in [6.07, 6.45) is -4.28. The predicted molar refractivity (Wildman–Crippen MR) is 112 cm³/mol. The van der Waals surface area contributed by atoms with Crippen molar-refractivity contribution in [3.63, 3.8) is 0 Å². The van der Waals surface area contributed by atoms with Gasteiger partial charge in [0.05, 0.1) is 5.56 Å². The number of halogens is 4.